The maximum absolute atomic E-state index is 13.2. The van der Waals surface area contributed by atoms with Gasteiger partial charge in [-0.25, -0.2) is 0 Å². The van der Waals surface area contributed by atoms with E-state index in [2.05, 4.69) is 6.08 Å². The highest BCUT2D eigenvalue weighted by atomic mass is 35.5. The van der Waals surface area contributed by atoms with Gasteiger partial charge in [0.25, 0.3) is 5.91 Å². The zero-order chi connectivity index (χ0) is 18.1. The summed E-state index contributed by atoms with van der Waals surface area (Å²) in [5.74, 6) is -0.0498. The van der Waals surface area contributed by atoms with Gasteiger partial charge >= 0.3 is 0 Å². The van der Waals surface area contributed by atoms with Gasteiger partial charge in [-0.3, -0.25) is 9.69 Å². The normalized spacial score (nSPS) is 14.8. The third-order valence-corrected chi connectivity index (χ3v) is 5.38. The van der Waals surface area contributed by atoms with Crippen molar-refractivity contribution < 1.29 is 4.79 Å². The molecule has 0 atom stereocenters. The zero-order valence-electron chi connectivity index (χ0n) is 14.1. The summed E-state index contributed by atoms with van der Waals surface area (Å²) in [7, 11) is 0. The summed E-state index contributed by atoms with van der Waals surface area (Å²) in [6.45, 7) is 0. The van der Waals surface area contributed by atoms with E-state index in [0.29, 0.717) is 10.6 Å². The van der Waals surface area contributed by atoms with Crippen molar-refractivity contribution in [1.29, 1.82) is 0 Å². The van der Waals surface area contributed by atoms with Gasteiger partial charge in [-0.15, -0.1) is 11.8 Å². The topological polar surface area (TPSA) is 20.3 Å². The average molecular weight is 378 g/mol. The number of hydrogen-bond acceptors (Lipinski definition) is 2. The first-order chi connectivity index (χ1) is 12.7. The molecule has 0 saturated heterocycles. The maximum atomic E-state index is 13.2. The third kappa shape index (κ3) is 2.94. The lowest BCUT2D eigenvalue weighted by atomic mass is 10.1. The second-order valence-electron chi connectivity index (χ2n) is 5.94. The van der Waals surface area contributed by atoms with E-state index in [4.69, 9.17) is 11.6 Å². The standard InChI is InChI=1S/C22H16ClNOS/c1-26-21-10-6-5-9-19(21)24-20(13-15-7-3-2-4-8-15)17-12-11-16(23)14-18(17)22(24)25/h2-14H,1H3. The van der Waals surface area contributed by atoms with Gasteiger partial charge in [0, 0.05) is 15.5 Å². The Balaban J connectivity index is 1.95. The zero-order valence-corrected chi connectivity index (χ0v) is 15.7. The molecule has 0 bridgehead atoms. The van der Waals surface area contributed by atoms with Crippen molar-refractivity contribution in [3.8, 4) is 0 Å². The minimum Gasteiger partial charge on any atom is -0.275 e. The van der Waals surface area contributed by atoms with Crippen LogP contribution in [0.2, 0.25) is 5.02 Å². The van der Waals surface area contributed by atoms with Crippen molar-refractivity contribution in [2.24, 2.45) is 0 Å². The van der Waals surface area contributed by atoms with Gasteiger partial charge in [0.1, 0.15) is 0 Å². The smallest absolute Gasteiger partial charge is 0.263 e. The summed E-state index contributed by atoms with van der Waals surface area (Å²) < 4.78 is 0. The van der Waals surface area contributed by atoms with Crippen LogP contribution in [0.5, 0.6) is 0 Å². The van der Waals surface area contributed by atoms with Gasteiger partial charge in [-0.05, 0) is 42.2 Å². The van der Waals surface area contributed by atoms with Crippen LogP contribution in [0.1, 0.15) is 21.5 Å². The number of fused-ring (bicyclic) bond motifs is 1. The summed E-state index contributed by atoms with van der Waals surface area (Å²) in [5, 5.41) is 0.566. The monoisotopic (exact) mass is 377 g/mol. The number of carbonyl (C=O) groups excluding carboxylic acids is 1. The molecule has 3 aromatic carbocycles. The molecule has 0 saturated carbocycles. The highest BCUT2D eigenvalue weighted by Crippen LogP contribution is 2.42. The molecule has 0 N–H and O–H groups in total. The van der Waals surface area contributed by atoms with Crippen molar-refractivity contribution in [1.82, 2.24) is 0 Å². The lowest BCUT2D eigenvalue weighted by molar-refractivity contribution is 0.101. The van der Waals surface area contributed by atoms with Crippen molar-refractivity contribution in [2.75, 3.05) is 11.2 Å². The van der Waals surface area contributed by atoms with Gasteiger partial charge < -0.3 is 0 Å². The van der Waals surface area contributed by atoms with Crippen LogP contribution in [-0.4, -0.2) is 12.2 Å². The molecule has 0 spiro atoms. The summed E-state index contributed by atoms with van der Waals surface area (Å²) in [6.07, 6.45) is 4.07. The second-order valence-corrected chi connectivity index (χ2v) is 7.23. The Morgan fingerprint density at radius 3 is 2.42 bits per heavy atom. The molecule has 0 aliphatic carbocycles. The number of nitrogens with zero attached hydrogens (tertiary/aromatic N) is 1. The van der Waals surface area contributed by atoms with Crippen LogP contribution in [-0.2, 0) is 0 Å². The number of thioether (sulfide) groups is 1. The molecule has 3 aromatic rings. The summed E-state index contributed by atoms with van der Waals surface area (Å²) in [5.41, 5.74) is 4.34. The number of amides is 1. The summed E-state index contributed by atoms with van der Waals surface area (Å²) >= 11 is 7.78. The van der Waals surface area contributed by atoms with E-state index < -0.39 is 0 Å². The Labute approximate surface area is 162 Å². The Hall–Kier alpha value is -2.49. The van der Waals surface area contributed by atoms with E-state index in [-0.39, 0.29) is 5.91 Å². The third-order valence-electron chi connectivity index (χ3n) is 4.36. The first-order valence-corrected chi connectivity index (χ1v) is 9.83. The lowest BCUT2D eigenvalue weighted by Gasteiger charge is -2.21. The number of hydrogen-bond donors (Lipinski definition) is 0. The second kappa shape index (κ2) is 7.02. The number of rotatable bonds is 3. The molecule has 4 rings (SSSR count). The number of para-hydroxylation sites is 1. The number of anilines is 1. The molecule has 1 heterocycles. The van der Waals surface area contributed by atoms with E-state index in [1.807, 2.05) is 73.0 Å². The van der Waals surface area contributed by atoms with Gasteiger partial charge in [-0.1, -0.05) is 60.1 Å². The van der Waals surface area contributed by atoms with Crippen LogP contribution < -0.4 is 4.90 Å². The first-order valence-electron chi connectivity index (χ1n) is 8.23. The first kappa shape index (κ1) is 17.0. The molecule has 26 heavy (non-hydrogen) atoms. The molecular weight excluding hydrogens is 362 g/mol. The quantitative estimate of drug-likeness (QED) is 0.505. The van der Waals surface area contributed by atoms with Crippen LogP contribution in [0, 0.1) is 0 Å². The predicted molar refractivity (Wildman–Crippen MR) is 111 cm³/mol. The minimum absolute atomic E-state index is 0.0498. The Morgan fingerprint density at radius 2 is 1.65 bits per heavy atom. The van der Waals surface area contributed by atoms with Crippen molar-refractivity contribution in [2.45, 2.75) is 4.90 Å². The summed E-state index contributed by atoms with van der Waals surface area (Å²) in [6, 6.07) is 23.5. The highest BCUT2D eigenvalue weighted by Gasteiger charge is 2.34. The molecule has 1 amide bonds. The number of halogens is 1. The SMILES string of the molecule is CSc1ccccc1N1C(=O)c2cc(Cl)ccc2C1=Cc1ccccc1. The van der Waals surface area contributed by atoms with E-state index in [1.54, 1.807) is 22.7 Å². The molecule has 1 aliphatic heterocycles. The lowest BCUT2D eigenvalue weighted by Crippen LogP contribution is -2.22. The Bertz CT molecular complexity index is 1010. The van der Waals surface area contributed by atoms with Crippen molar-refractivity contribution >= 4 is 46.7 Å². The van der Waals surface area contributed by atoms with Crippen molar-refractivity contribution in [3.63, 3.8) is 0 Å². The fourth-order valence-electron chi connectivity index (χ4n) is 3.17. The Kier molecular flexibility index (Phi) is 4.58. The fourth-order valence-corrected chi connectivity index (χ4v) is 3.93. The molecule has 0 unspecified atom stereocenters. The molecule has 1 aliphatic rings. The molecule has 0 aromatic heterocycles. The maximum Gasteiger partial charge on any atom is 0.263 e. The Morgan fingerprint density at radius 1 is 0.923 bits per heavy atom. The summed E-state index contributed by atoms with van der Waals surface area (Å²) in [4.78, 5) is 16.1. The largest absolute Gasteiger partial charge is 0.275 e. The fraction of sp³-hybridized carbons (Fsp3) is 0.0455. The van der Waals surface area contributed by atoms with Gasteiger partial charge in [0.2, 0.25) is 0 Å². The highest BCUT2D eigenvalue weighted by molar-refractivity contribution is 7.98. The van der Waals surface area contributed by atoms with E-state index in [1.165, 1.54) is 0 Å². The van der Waals surface area contributed by atoms with Gasteiger partial charge in [0.05, 0.1) is 16.9 Å². The van der Waals surface area contributed by atoms with E-state index in [9.17, 15) is 4.79 Å². The van der Waals surface area contributed by atoms with E-state index in [0.717, 1.165) is 27.4 Å². The molecule has 128 valence electrons. The van der Waals surface area contributed by atoms with Crippen LogP contribution in [0.25, 0.3) is 11.8 Å². The van der Waals surface area contributed by atoms with Crippen LogP contribution >= 0.6 is 23.4 Å². The van der Waals surface area contributed by atoms with Gasteiger partial charge in [0.15, 0.2) is 0 Å². The predicted octanol–water partition coefficient (Wildman–Crippen LogP) is 6.22. The number of benzene rings is 3. The van der Waals surface area contributed by atoms with Crippen molar-refractivity contribution in [3.05, 3.63) is 94.5 Å². The van der Waals surface area contributed by atoms with E-state index >= 15 is 0 Å². The molecule has 0 radical (unpaired) electrons. The van der Waals surface area contributed by atoms with Crippen LogP contribution in [0.3, 0.4) is 0 Å². The minimum atomic E-state index is -0.0498. The van der Waals surface area contributed by atoms with Crippen LogP contribution in [0.15, 0.2) is 77.7 Å². The average Bonchev–Trinajstić information content (AvgIpc) is 2.94. The molecule has 2 nitrogen and oxygen atoms in total. The van der Waals surface area contributed by atoms with Gasteiger partial charge in [-0.2, -0.15) is 0 Å². The molecule has 0 fully saturated rings. The molecular formula is C22H16ClNOS. The molecule has 4 heteroatoms. The number of carbonyl (C=O) groups is 1. The van der Waals surface area contributed by atoms with Crippen LogP contribution in [0.4, 0.5) is 5.69 Å².